The summed E-state index contributed by atoms with van der Waals surface area (Å²) in [5.74, 6) is -0.849. The Balaban J connectivity index is 1.72. The fourth-order valence-corrected chi connectivity index (χ4v) is 4.46. The minimum atomic E-state index is -0.428. The number of nitrogens with zero attached hydrogens (tertiary/aromatic N) is 3. The third-order valence-corrected chi connectivity index (χ3v) is 5.86. The van der Waals surface area contributed by atoms with Crippen LogP contribution in [0.4, 0.5) is 10.1 Å². The summed E-state index contributed by atoms with van der Waals surface area (Å²) in [4.78, 5) is 24.9. The van der Waals surface area contributed by atoms with Crippen LogP contribution in [0, 0.1) is 18.7 Å². The molecule has 2 atom stereocenters. The topological polar surface area (TPSA) is 45.0 Å². The number of carbonyl (C=O) groups is 1. The first-order valence-corrected chi connectivity index (χ1v) is 10.4. The third kappa shape index (κ3) is 3.46. The van der Waals surface area contributed by atoms with Crippen molar-refractivity contribution in [2.24, 2.45) is 15.9 Å². The van der Waals surface area contributed by atoms with Crippen molar-refractivity contribution >= 4 is 23.0 Å². The maximum Gasteiger partial charge on any atom is 0.273 e. The van der Waals surface area contributed by atoms with Gasteiger partial charge in [0.05, 0.1) is 30.8 Å². The van der Waals surface area contributed by atoms with Gasteiger partial charge in [-0.25, -0.2) is 4.39 Å². The molecule has 1 fully saturated rings. The van der Waals surface area contributed by atoms with Gasteiger partial charge in [0.2, 0.25) is 0 Å². The van der Waals surface area contributed by atoms with Gasteiger partial charge in [-0.3, -0.25) is 19.7 Å². The minimum Gasteiger partial charge on any atom is -0.299 e. The molecule has 5 heteroatoms. The Bertz CT molecular complexity index is 1180. The summed E-state index contributed by atoms with van der Waals surface area (Å²) in [5.41, 5.74) is 4.94. The number of hydrogen-bond donors (Lipinski definition) is 0. The van der Waals surface area contributed by atoms with Gasteiger partial charge in [-0.05, 0) is 42.3 Å². The van der Waals surface area contributed by atoms with Crippen molar-refractivity contribution in [2.75, 3.05) is 18.0 Å². The van der Waals surface area contributed by atoms with Crippen LogP contribution in [0.25, 0.3) is 0 Å². The molecule has 0 N–H and O–H groups in total. The molecule has 1 amide bonds. The summed E-state index contributed by atoms with van der Waals surface area (Å²) in [6.45, 7) is 3.03. The molecule has 0 aromatic heterocycles. The first-order valence-electron chi connectivity index (χ1n) is 10.4. The molecule has 0 saturated carbocycles. The standard InChI is InChI=1S/C26H22FN3O/c1-17-10-12-18(13-11-17)23-22-24(29-15-14-28-23)26(31)30(21-8-3-2-4-9-21)25(22)19-6-5-7-20(27)16-19/h2-13,16,22,25H,14-15H2,1H3/t22?,25-/m1/s1. The van der Waals surface area contributed by atoms with Crippen LogP contribution in [-0.4, -0.2) is 30.4 Å². The highest BCUT2D eigenvalue weighted by molar-refractivity contribution is 6.51. The maximum absolute atomic E-state index is 14.3. The van der Waals surface area contributed by atoms with Crippen molar-refractivity contribution in [3.63, 3.8) is 0 Å². The zero-order valence-electron chi connectivity index (χ0n) is 17.2. The van der Waals surface area contributed by atoms with E-state index in [-0.39, 0.29) is 17.6 Å². The molecule has 3 aromatic rings. The number of amides is 1. The Morgan fingerprint density at radius 1 is 0.871 bits per heavy atom. The van der Waals surface area contributed by atoms with Crippen molar-refractivity contribution < 1.29 is 9.18 Å². The Morgan fingerprint density at radius 2 is 1.58 bits per heavy atom. The average Bonchev–Trinajstić information content (AvgIpc) is 2.93. The van der Waals surface area contributed by atoms with Crippen LogP contribution < -0.4 is 4.90 Å². The van der Waals surface area contributed by atoms with Gasteiger partial charge >= 0.3 is 0 Å². The highest BCUT2D eigenvalue weighted by atomic mass is 19.1. The molecule has 0 aliphatic carbocycles. The van der Waals surface area contributed by atoms with Crippen LogP contribution >= 0.6 is 0 Å². The number of anilines is 1. The molecule has 0 radical (unpaired) electrons. The molecular weight excluding hydrogens is 389 g/mol. The van der Waals surface area contributed by atoms with Crippen LogP contribution in [0.3, 0.4) is 0 Å². The largest absolute Gasteiger partial charge is 0.299 e. The van der Waals surface area contributed by atoms with E-state index in [9.17, 15) is 9.18 Å². The van der Waals surface area contributed by atoms with Gasteiger partial charge in [0.15, 0.2) is 0 Å². The molecule has 154 valence electrons. The molecule has 1 unspecified atom stereocenters. The first-order chi connectivity index (χ1) is 15.1. The third-order valence-electron chi connectivity index (χ3n) is 5.86. The Kier molecular flexibility index (Phi) is 4.94. The Hall–Kier alpha value is -3.60. The number of rotatable bonds is 3. The van der Waals surface area contributed by atoms with Crippen LogP contribution in [-0.2, 0) is 4.79 Å². The number of halogens is 1. The lowest BCUT2D eigenvalue weighted by atomic mass is 9.85. The van der Waals surface area contributed by atoms with Gasteiger partial charge in [-0.15, -0.1) is 0 Å². The molecule has 31 heavy (non-hydrogen) atoms. The molecular formula is C26H22FN3O. The number of fused-ring (bicyclic) bond motifs is 1. The summed E-state index contributed by atoms with van der Waals surface area (Å²) in [6.07, 6.45) is 0. The SMILES string of the molecule is Cc1ccc(C2=NCCN=C3C(=O)N(c4ccccc4)[C@H](c4cccc(F)c4)C32)cc1. The van der Waals surface area contributed by atoms with E-state index in [1.165, 1.54) is 12.1 Å². The van der Waals surface area contributed by atoms with Crippen molar-refractivity contribution in [1.29, 1.82) is 0 Å². The van der Waals surface area contributed by atoms with Crippen LogP contribution in [0.1, 0.15) is 22.7 Å². The number of aliphatic imine (C=N–C) groups is 2. The van der Waals surface area contributed by atoms with Gasteiger partial charge in [0.1, 0.15) is 11.5 Å². The number of para-hydroxylation sites is 1. The van der Waals surface area contributed by atoms with Crippen molar-refractivity contribution in [3.8, 4) is 0 Å². The summed E-state index contributed by atoms with van der Waals surface area (Å²) >= 11 is 0. The van der Waals surface area contributed by atoms with E-state index >= 15 is 0 Å². The summed E-state index contributed by atoms with van der Waals surface area (Å²) in [6, 6.07) is 23.7. The summed E-state index contributed by atoms with van der Waals surface area (Å²) in [5, 5.41) is 0. The van der Waals surface area contributed by atoms with Gasteiger partial charge in [-0.1, -0.05) is 60.2 Å². The second-order valence-corrected chi connectivity index (χ2v) is 7.89. The van der Waals surface area contributed by atoms with E-state index in [1.807, 2.05) is 67.6 Å². The van der Waals surface area contributed by atoms with Gasteiger partial charge < -0.3 is 0 Å². The molecule has 5 rings (SSSR count). The van der Waals surface area contributed by atoms with E-state index in [0.717, 1.165) is 28.1 Å². The number of aryl methyl sites for hydroxylation is 1. The number of benzene rings is 3. The van der Waals surface area contributed by atoms with E-state index < -0.39 is 6.04 Å². The van der Waals surface area contributed by atoms with Gasteiger partial charge in [-0.2, -0.15) is 0 Å². The van der Waals surface area contributed by atoms with Crippen molar-refractivity contribution in [2.45, 2.75) is 13.0 Å². The molecule has 0 spiro atoms. The molecule has 2 heterocycles. The van der Waals surface area contributed by atoms with E-state index in [0.29, 0.717) is 18.8 Å². The van der Waals surface area contributed by atoms with Crippen molar-refractivity contribution in [3.05, 3.63) is 101 Å². The normalized spacial score (nSPS) is 20.7. The van der Waals surface area contributed by atoms with E-state index in [2.05, 4.69) is 4.99 Å². The van der Waals surface area contributed by atoms with E-state index in [1.54, 1.807) is 11.0 Å². The second kappa shape index (κ2) is 7.91. The second-order valence-electron chi connectivity index (χ2n) is 7.89. The molecule has 2 aliphatic rings. The summed E-state index contributed by atoms with van der Waals surface area (Å²) < 4.78 is 14.3. The zero-order chi connectivity index (χ0) is 21.4. The average molecular weight is 411 g/mol. The van der Waals surface area contributed by atoms with Gasteiger partial charge in [0.25, 0.3) is 5.91 Å². The smallest absolute Gasteiger partial charge is 0.273 e. The Labute approximate surface area is 180 Å². The number of hydrogen-bond acceptors (Lipinski definition) is 3. The fraction of sp³-hybridized carbons (Fsp3) is 0.192. The zero-order valence-corrected chi connectivity index (χ0v) is 17.2. The van der Waals surface area contributed by atoms with E-state index in [4.69, 9.17) is 4.99 Å². The quantitative estimate of drug-likeness (QED) is 0.612. The van der Waals surface area contributed by atoms with Crippen LogP contribution in [0.5, 0.6) is 0 Å². The predicted octanol–water partition coefficient (Wildman–Crippen LogP) is 4.78. The maximum atomic E-state index is 14.3. The predicted molar refractivity (Wildman–Crippen MR) is 121 cm³/mol. The van der Waals surface area contributed by atoms with Crippen molar-refractivity contribution in [1.82, 2.24) is 0 Å². The number of carbonyl (C=O) groups excluding carboxylic acids is 1. The highest BCUT2D eigenvalue weighted by Gasteiger charge is 2.49. The lowest BCUT2D eigenvalue weighted by molar-refractivity contribution is -0.112. The lowest BCUT2D eigenvalue weighted by Crippen LogP contribution is -2.31. The fourth-order valence-electron chi connectivity index (χ4n) is 4.46. The lowest BCUT2D eigenvalue weighted by Gasteiger charge is -2.29. The van der Waals surface area contributed by atoms with Gasteiger partial charge in [0, 0.05) is 5.69 Å². The van der Waals surface area contributed by atoms with Crippen LogP contribution in [0.2, 0.25) is 0 Å². The minimum absolute atomic E-state index is 0.146. The molecule has 1 saturated heterocycles. The molecule has 3 aromatic carbocycles. The highest BCUT2D eigenvalue weighted by Crippen LogP contribution is 2.42. The Morgan fingerprint density at radius 3 is 2.29 bits per heavy atom. The molecule has 4 nitrogen and oxygen atoms in total. The first kappa shape index (κ1) is 19.4. The summed E-state index contributed by atoms with van der Waals surface area (Å²) in [7, 11) is 0. The molecule has 2 aliphatic heterocycles. The monoisotopic (exact) mass is 411 g/mol. The molecule has 0 bridgehead atoms. The van der Waals surface area contributed by atoms with Crippen LogP contribution in [0.15, 0.2) is 88.8 Å².